The van der Waals surface area contributed by atoms with Crippen LogP contribution in [0.5, 0.6) is 0 Å². The van der Waals surface area contributed by atoms with Gasteiger partial charge in [0, 0.05) is 24.1 Å². The van der Waals surface area contributed by atoms with Crippen LogP contribution in [0.25, 0.3) is 0 Å². The Morgan fingerprint density at radius 1 is 1.44 bits per heavy atom. The molecule has 0 spiro atoms. The Kier molecular flexibility index (Phi) is 5.34. The fourth-order valence-corrected chi connectivity index (χ4v) is 2.21. The van der Waals surface area contributed by atoms with Gasteiger partial charge in [-0.3, -0.25) is 0 Å². The number of rotatable bonds is 5. The van der Waals surface area contributed by atoms with Crippen LogP contribution in [-0.2, 0) is 5.33 Å². The van der Waals surface area contributed by atoms with Crippen molar-refractivity contribution < 1.29 is 0 Å². The summed E-state index contributed by atoms with van der Waals surface area (Å²) in [5.74, 6) is 0. The number of benzene rings is 1. The van der Waals surface area contributed by atoms with E-state index in [2.05, 4.69) is 58.9 Å². The maximum atomic E-state index is 8.64. The minimum absolute atomic E-state index is 0.573. The molecule has 0 aliphatic carbocycles. The maximum Gasteiger partial charge on any atom is 0.0640 e. The minimum Gasteiger partial charge on any atom is -0.371 e. The van der Waals surface area contributed by atoms with Crippen molar-refractivity contribution in [1.29, 1.82) is 5.26 Å². The number of hydrogen-bond acceptors (Lipinski definition) is 2. The molecular weight excluding hydrogens is 264 g/mol. The molecule has 0 aliphatic heterocycles. The summed E-state index contributed by atoms with van der Waals surface area (Å²) < 4.78 is 0. The van der Waals surface area contributed by atoms with E-state index in [0.717, 1.165) is 18.4 Å². The van der Waals surface area contributed by atoms with Gasteiger partial charge in [-0.1, -0.05) is 33.6 Å². The quantitative estimate of drug-likeness (QED) is 0.771. The molecule has 0 N–H and O–H groups in total. The second-order valence-electron chi connectivity index (χ2n) is 3.75. The van der Waals surface area contributed by atoms with Crippen molar-refractivity contribution in [3.63, 3.8) is 0 Å². The first-order chi connectivity index (χ1) is 7.72. The van der Waals surface area contributed by atoms with Crippen LogP contribution in [-0.4, -0.2) is 13.1 Å². The van der Waals surface area contributed by atoms with Gasteiger partial charge < -0.3 is 4.90 Å². The van der Waals surface area contributed by atoms with E-state index in [4.69, 9.17) is 5.26 Å². The molecule has 0 saturated heterocycles. The highest BCUT2D eigenvalue weighted by atomic mass is 79.9. The van der Waals surface area contributed by atoms with Crippen LogP contribution in [0.4, 0.5) is 5.69 Å². The molecular formula is C13H17BrN2. The third kappa shape index (κ3) is 3.24. The molecule has 1 rings (SSSR count). The average Bonchev–Trinajstić information content (AvgIpc) is 2.31. The molecule has 0 atom stereocenters. The number of anilines is 1. The van der Waals surface area contributed by atoms with Crippen molar-refractivity contribution in [3.05, 3.63) is 29.3 Å². The first-order valence-corrected chi connectivity index (χ1v) is 6.62. The van der Waals surface area contributed by atoms with Gasteiger partial charge in [-0.2, -0.15) is 5.26 Å². The van der Waals surface area contributed by atoms with E-state index in [1.54, 1.807) is 0 Å². The molecule has 0 heterocycles. The zero-order valence-electron chi connectivity index (χ0n) is 9.83. The highest BCUT2D eigenvalue weighted by molar-refractivity contribution is 9.08. The number of halogens is 1. The molecule has 0 radical (unpaired) electrons. The second kappa shape index (κ2) is 6.55. The monoisotopic (exact) mass is 280 g/mol. The molecule has 0 saturated carbocycles. The van der Waals surface area contributed by atoms with E-state index in [0.29, 0.717) is 6.42 Å². The Bertz CT molecular complexity index is 382. The van der Waals surface area contributed by atoms with Crippen LogP contribution in [0.2, 0.25) is 0 Å². The topological polar surface area (TPSA) is 27.0 Å². The van der Waals surface area contributed by atoms with Crippen molar-refractivity contribution in [1.82, 2.24) is 0 Å². The van der Waals surface area contributed by atoms with Crippen LogP contribution in [0.15, 0.2) is 18.2 Å². The van der Waals surface area contributed by atoms with E-state index in [9.17, 15) is 0 Å². The molecule has 16 heavy (non-hydrogen) atoms. The summed E-state index contributed by atoms with van der Waals surface area (Å²) in [6.07, 6.45) is 0.573. The van der Waals surface area contributed by atoms with Crippen molar-refractivity contribution in [3.8, 4) is 6.07 Å². The van der Waals surface area contributed by atoms with Crippen molar-refractivity contribution in [2.45, 2.75) is 25.6 Å². The summed E-state index contributed by atoms with van der Waals surface area (Å²) in [4.78, 5) is 2.25. The van der Waals surface area contributed by atoms with Crippen molar-refractivity contribution in [2.24, 2.45) is 0 Å². The van der Waals surface area contributed by atoms with Crippen molar-refractivity contribution >= 4 is 21.6 Å². The lowest BCUT2D eigenvalue weighted by Crippen LogP contribution is -2.24. The SMILES string of the molecule is CCN(CCC#N)c1ccc(C)cc1CBr. The summed E-state index contributed by atoms with van der Waals surface area (Å²) in [7, 11) is 0. The zero-order chi connectivity index (χ0) is 12.0. The second-order valence-corrected chi connectivity index (χ2v) is 4.31. The Balaban J connectivity index is 2.95. The van der Waals surface area contributed by atoms with E-state index in [1.165, 1.54) is 16.8 Å². The first kappa shape index (κ1) is 13.1. The normalized spacial score (nSPS) is 9.88. The van der Waals surface area contributed by atoms with Gasteiger partial charge in [0.25, 0.3) is 0 Å². The number of hydrogen-bond donors (Lipinski definition) is 0. The molecule has 0 amide bonds. The number of nitrogens with zero attached hydrogens (tertiary/aromatic N) is 2. The van der Waals surface area contributed by atoms with Crippen LogP contribution in [0, 0.1) is 18.3 Å². The third-order valence-electron chi connectivity index (χ3n) is 2.59. The molecule has 0 aliphatic rings. The van der Waals surface area contributed by atoms with E-state index in [1.807, 2.05) is 0 Å². The third-order valence-corrected chi connectivity index (χ3v) is 3.20. The molecule has 0 aromatic heterocycles. The van der Waals surface area contributed by atoms with E-state index < -0.39 is 0 Å². The Morgan fingerprint density at radius 3 is 2.75 bits per heavy atom. The van der Waals surface area contributed by atoms with Gasteiger partial charge in [-0.25, -0.2) is 0 Å². The van der Waals surface area contributed by atoms with Gasteiger partial charge >= 0.3 is 0 Å². The summed E-state index contributed by atoms with van der Waals surface area (Å²) >= 11 is 3.52. The zero-order valence-corrected chi connectivity index (χ0v) is 11.4. The van der Waals surface area contributed by atoms with Gasteiger partial charge in [0.15, 0.2) is 0 Å². The molecule has 0 bridgehead atoms. The van der Waals surface area contributed by atoms with Gasteiger partial charge in [0.1, 0.15) is 0 Å². The fraction of sp³-hybridized carbons (Fsp3) is 0.462. The van der Waals surface area contributed by atoms with E-state index in [-0.39, 0.29) is 0 Å². The van der Waals surface area contributed by atoms with Crippen molar-refractivity contribution in [2.75, 3.05) is 18.0 Å². The van der Waals surface area contributed by atoms with Crippen LogP contribution in [0.1, 0.15) is 24.5 Å². The molecule has 3 heteroatoms. The first-order valence-electron chi connectivity index (χ1n) is 5.50. The maximum absolute atomic E-state index is 8.64. The Morgan fingerprint density at radius 2 is 2.19 bits per heavy atom. The lowest BCUT2D eigenvalue weighted by Gasteiger charge is -2.24. The largest absolute Gasteiger partial charge is 0.371 e. The molecule has 1 aromatic carbocycles. The summed E-state index contributed by atoms with van der Waals surface area (Å²) in [6, 6.07) is 8.66. The summed E-state index contributed by atoms with van der Waals surface area (Å²) in [5.41, 5.74) is 3.80. The van der Waals surface area contributed by atoms with Gasteiger partial charge in [0.05, 0.1) is 12.5 Å². The summed E-state index contributed by atoms with van der Waals surface area (Å²) in [5, 5.41) is 9.50. The van der Waals surface area contributed by atoms with Crippen LogP contribution < -0.4 is 4.90 Å². The lowest BCUT2D eigenvalue weighted by atomic mass is 10.1. The van der Waals surface area contributed by atoms with Gasteiger partial charge in [0.2, 0.25) is 0 Å². The molecule has 1 aromatic rings. The predicted molar refractivity (Wildman–Crippen MR) is 71.9 cm³/mol. The molecule has 0 fully saturated rings. The van der Waals surface area contributed by atoms with Gasteiger partial charge in [-0.05, 0) is 25.5 Å². The number of nitriles is 1. The Hall–Kier alpha value is -1.01. The highest BCUT2D eigenvalue weighted by Gasteiger charge is 2.08. The molecule has 0 unspecified atom stereocenters. The lowest BCUT2D eigenvalue weighted by molar-refractivity contribution is 0.823. The Labute approximate surface area is 106 Å². The van der Waals surface area contributed by atoms with E-state index >= 15 is 0 Å². The average molecular weight is 281 g/mol. The smallest absolute Gasteiger partial charge is 0.0640 e. The van der Waals surface area contributed by atoms with Gasteiger partial charge in [-0.15, -0.1) is 0 Å². The molecule has 86 valence electrons. The van der Waals surface area contributed by atoms with Crippen LogP contribution >= 0.6 is 15.9 Å². The fourth-order valence-electron chi connectivity index (χ4n) is 1.76. The summed E-state index contributed by atoms with van der Waals surface area (Å²) in [6.45, 7) is 5.96. The number of alkyl halides is 1. The standard InChI is InChI=1S/C13H17BrN2/c1-3-16(8-4-7-15)13-6-5-11(2)9-12(13)10-14/h5-6,9H,3-4,8,10H2,1-2H3. The molecule has 2 nitrogen and oxygen atoms in total. The number of aryl methyl sites for hydroxylation is 1. The predicted octanol–water partition coefficient (Wildman–Crippen LogP) is 3.63. The van der Waals surface area contributed by atoms with Crippen LogP contribution in [0.3, 0.4) is 0 Å². The highest BCUT2D eigenvalue weighted by Crippen LogP contribution is 2.24. The minimum atomic E-state index is 0.573.